The second-order valence-electron chi connectivity index (χ2n) is 12.3. The van der Waals surface area contributed by atoms with Crippen molar-refractivity contribution in [1.82, 2.24) is 0 Å². The third-order valence-electron chi connectivity index (χ3n) is 10.1. The van der Waals surface area contributed by atoms with Crippen LogP contribution in [0.1, 0.15) is 24.3 Å². The molecule has 1 saturated carbocycles. The predicted octanol–water partition coefficient (Wildman–Crippen LogP) is 5.22. The van der Waals surface area contributed by atoms with Gasteiger partial charge in [-0.05, 0) is 72.9 Å². The number of methoxy groups -OCH3 is 2. The van der Waals surface area contributed by atoms with Gasteiger partial charge in [-0.15, -0.1) is 23.2 Å². The van der Waals surface area contributed by atoms with Crippen molar-refractivity contribution in [3.8, 4) is 17.2 Å². The number of hydrogen-bond donors (Lipinski definition) is 1. The van der Waals surface area contributed by atoms with Gasteiger partial charge >= 0.3 is 0 Å². The Bertz CT molecular complexity index is 1980. The van der Waals surface area contributed by atoms with E-state index in [4.69, 9.17) is 32.7 Å². The molecule has 0 radical (unpaired) electrons. The number of hydrogen-bond acceptors (Lipinski definition) is 9. The van der Waals surface area contributed by atoms with E-state index in [9.17, 15) is 38.8 Å². The van der Waals surface area contributed by atoms with E-state index in [-0.39, 0.29) is 52.7 Å². The second kappa shape index (κ2) is 11.3. The predicted molar refractivity (Wildman–Crippen MR) is 173 cm³/mol. The van der Waals surface area contributed by atoms with Gasteiger partial charge in [0.05, 0.1) is 42.4 Å². The van der Waals surface area contributed by atoms with Crippen molar-refractivity contribution in [1.29, 1.82) is 0 Å². The van der Waals surface area contributed by atoms with Crippen LogP contribution >= 0.6 is 23.2 Å². The lowest BCUT2D eigenvalue weighted by atomic mass is 9.56. The van der Waals surface area contributed by atoms with E-state index in [2.05, 4.69) is 0 Å². The molecule has 2 saturated heterocycles. The van der Waals surface area contributed by atoms with Crippen LogP contribution < -0.4 is 19.3 Å². The van der Waals surface area contributed by atoms with Gasteiger partial charge in [-0.3, -0.25) is 34.2 Å². The Morgan fingerprint density at radius 2 is 1.45 bits per heavy atom. The maximum Gasteiger partial charge on any atom is 0.269 e. The molecule has 49 heavy (non-hydrogen) atoms. The first-order chi connectivity index (χ1) is 23.3. The van der Waals surface area contributed by atoms with Crippen LogP contribution in [0.15, 0.2) is 72.3 Å². The summed E-state index contributed by atoms with van der Waals surface area (Å²) in [4.78, 5) is 65.0. The Balaban J connectivity index is 1.40. The van der Waals surface area contributed by atoms with E-state index in [1.54, 1.807) is 6.08 Å². The minimum absolute atomic E-state index is 0.0248. The fourth-order valence-electron chi connectivity index (χ4n) is 7.83. The number of anilines is 2. The van der Waals surface area contributed by atoms with Gasteiger partial charge in [0, 0.05) is 18.1 Å². The number of allylic oxidation sites excluding steroid dienone is 2. The molecule has 0 spiro atoms. The van der Waals surface area contributed by atoms with E-state index < -0.39 is 67.8 Å². The number of rotatable bonds is 6. The molecule has 1 N–H and O–H groups in total. The van der Waals surface area contributed by atoms with Gasteiger partial charge < -0.3 is 14.6 Å². The molecule has 0 aromatic heterocycles. The minimum atomic E-state index is -2.22. The Morgan fingerprint density at radius 3 is 2.02 bits per heavy atom. The maximum atomic E-state index is 14.5. The maximum absolute atomic E-state index is 14.5. The molecule has 3 aromatic rings. The highest BCUT2D eigenvalue weighted by molar-refractivity contribution is 6.58. The summed E-state index contributed by atoms with van der Waals surface area (Å²) in [5.41, 5.74) is 0.676. The van der Waals surface area contributed by atoms with E-state index >= 15 is 0 Å². The number of phenolic OH excluding ortho intramolecular Hbond substituents is 1. The number of nitro benzene ring substituents is 1. The van der Waals surface area contributed by atoms with E-state index in [1.165, 1.54) is 62.8 Å². The van der Waals surface area contributed by atoms with Crippen molar-refractivity contribution in [3.63, 3.8) is 0 Å². The number of carbonyl (C=O) groups excluding carboxylic acids is 4. The van der Waals surface area contributed by atoms with Crippen molar-refractivity contribution in [2.45, 2.75) is 28.5 Å². The number of halogens is 3. The van der Waals surface area contributed by atoms with Gasteiger partial charge in [-0.2, -0.15) is 0 Å². The van der Waals surface area contributed by atoms with Gasteiger partial charge in [0.15, 0.2) is 21.2 Å². The molecule has 252 valence electrons. The fraction of sp³-hybridized carbons (Fsp3) is 0.294. The van der Waals surface area contributed by atoms with Gasteiger partial charge in [-0.25, -0.2) is 9.29 Å². The molecule has 7 rings (SSSR count). The number of phenols is 1. The second-order valence-corrected chi connectivity index (χ2v) is 13.6. The number of nitrogens with zero attached hydrogens (tertiary/aromatic N) is 3. The van der Waals surface area contributed by atoms with Crippen molar-refractivity contribution >= 4 is 63.9 Å². The Hall–Kier alpha value is -5.01. The number of non-ortho nitro benzene ring substituents is 1. The van der Waals surface area contributed by atoms with Crippen molar-refractivity contribution in [3.05, 3.63) is 93.8 Å². The molecule has 15 heteroatoms. The summed E-state index contributed by atoms with van der Waals surface area (Å²) in [5, 5.41) is 21.9. The summed E-state index contributed by atoms with van der Waals surface area (Å²) in [6.07, 6.45) is 1.48. The molecular formula is C34H26Cl2FN3O9. The molecule has 6 atom stereocenters. The van der Waals surface area contributed by atoms with Crippen LogP contribution in [-0.4, -0.2) is 57.6 Å². The molecule has 2 heterocycles. The monoisotopic (exact) mass is 709 g/mol. The summed E-state index contributed by atoms with van der Waals surface area (Å²) in [5.74, 6) is -7.93. The fourth-order valence-corrected chi connectivity index (χ4v) is 8.77. The van der Waals surface area contributed by atoms with Crippen molar-refractivity contribution < 1.29 is 43.1 Å². The summed E-state index contributed by atoms with van der Waals surface area (Å²) < 4.78 is 24.7. The first kappa shape index (κ1) is 32.5. The molecule has 2 aliphatic heterocycles. The first-order valence-electron chi connectivity index (χ1n) is 15.1. The quantitative estimate of drug-likeness (QED) is 0.119. The zero-order valence-corrected chi connectivity index (χ0v) is 27.3. The molecule has 3 fully saturated rings. The number of amides is 4. The Labute approximate surface area is 287 Å². The van der Waals surface area contributed by atoms with E-state index in [1.807, 2.05) is 0 Å². The molecule has 12 nitrogen and oxygen atoms in total. The Morgan fingerprint density at radius 1 is 0.878 bits per heavy atom. The smallest absolute Gasteiger partial charge is 0.269 e. The van der Waals surface area contributed by atoms with Crippen LogP contribution in [0.3, 0.4) is 0 Å². The standard InChI is InChI=1S/C34H26Cl2FN3O9/c1-48-24-13-16(14-25(49-2)28(24)41)27-21-11-12-22-26(30(43)38(29(22)42)18-7-9-20(10-8-18)40(46)47)23(21)15-33(35)31(44)39(32(45)34(27,33)36)19-5-3-17(37)4-6-19/h3-11,13-14,22-23,26-27,41H,12,15H2,1-2H3. The average Bonchev–Trinajstić information content (AvgIpc) is 3.43. The number of benzene rings is 3. The van der Waals surface area contributed by atoms with Crippen LogP contribution in [0.2, 0.25) is 0 Å². The molecule has 0 bridgehead atoms. The number of imide groups is 2. The first-order valence-corrected chi connectivity index (χ1v) is 15.8. The van der Waals surface area contributed by atoms with Crippen molar-refractivity contribution in [2.24, 2.45) is 17.8 Å². The van der Waals surface area contributed by atoms with Gasteiger partial charge in [0.1, 0.15) is 5.82 Å². The zero-order chi connectivity index (χ0) is 35.2. The van der Waals surface area contributed by atoms with Crippen LogP contribution in [0.25, 0.3) is 0 Å². The highest BCUT2D eigenvalue weighted by Crippen LogP contribution is 2.66. The summed E-state index contributed by atoms with van der Waals surface area (Å²) in [6.45, 7) is 0. The molecule has 6 unspecified atom stereocenters. The average molecular weight is 710 g/mol. The lowest BCUT2D eigenvalue weighted by Crippen LogP contribution is -2.60. The van der Waals surface area contributed by atoms with Crippen LogP contribution in [0.5, 0.6) is 17.2 Å². The normalized spacial score (nSPS) is 29.0. The van der Waals surface area contributed by atoms with Gasteiger partial charge in [0.2, 0.25) is 17.6 Å². The molecule has 4 aliphatic rings. The topological polar surface area (TPSA) is 157 Å². The van der Waals surface area contributed by atoms with Gasteiger partial charge in [0.25, 0.3) is 17.5 Å². The number of fused-ring (bicyclic) bond motifs is 4. The number of ether oxygens (including phenoxy) is 2. The van der Waals surface area contributed by atoms with E-state index in [0.29, 0.717) is 5.57 Å². The minimum Gasteiger partial charge on any atom is -0.502 e. The molecule has 4 amide bonds. The zero-order valence-electron chi connectivity index (χ0n) is 25.8. The molecular weight excluding hydrogens is 684 g/mol. The highest BCUT2D eigenvalue weighted by Gasteiger charge is 2.76. The molecule has 2 aliphatic carbocycles. The largest absolute Gasteiger partial charge is 0.502 e. The lowest BCUT2D eigenvalue weighted by Gasteiger charge is -2.50. The third kappa shape index (κ3) is 4.41. The summed E-state index contributed by atoms with van der Waals surface area (Å²) >= 11 is 14.8. The summed E-state index contributed by atoms with van der Waals surface area (Å²) in [7, 11) is 2.62. The number of aromatic hydroxyl groups is 1. The Kier molecular flexibility index (Phi) is 7.49. The molecule has 3 aromatic carbocycles. The van der Waals surface area contributed by atoms with Crippen molar-refractivity contribution in [2.75, 3.05) is 24.0 Å². The lowest BCUT2D eigenvalue weighted by molar-refractivity contribution is -0.384. The van der Waals surface area contributed by atoms with E-state index in [0.717, 1.165) is 21.9 Å². The highest BCUT2D eigenvalue weighted by atomic mass is 35.5. The van der Waals surface area contributed by atoms with Crippen LogP contribution in [-0.2, 0) is 19.2 Å². The third-order valence-corrected chi connectivity index (χ3v) is 11.5. The SMILES string of the molecule is COc1cc(C2C3=CCC4C(=O)N(c5ccc([N+](=O)[O-])cc5)C(=O)C4C3CC3(Cl)C(=O)N(c4ccc(F)cc4)C(=O)C23Cl)cc(OC)c1O. The van der Waals surface area contributed by atoms with Gasteiger partial charge in [-0.1, -0.05) is 11.6 Å². The summed E-state index contributed by atoms with van der Waals surface area (Å²) in [6, 6.07) is 12.5. The van der Waals surface area contributed by atoms with Crippen LogP contribution in [0, 0.1) is 33.7 Å². The number of nitro groups is 1. The number of alkyl halides is 2. The number of carbonyl (C=O) groups is 4. The van der Waals surface area contributed by atoms with Crippen LogP contribution in [0.4, 0.5) is 21.5 Å².